The molecular formula is C25H22N4O4S2. The van der Waals surface area contributed by atoms with Gasteiger partial charge in [0.2, 0.25) is 0 Å². The molecule has 8 nitrogen and oxygen atoms in total. The van der Waals surface area contributed by atoms with Crippen molar-refractivity contribution in [3.05, 3.63) is 96.7 Å². The second-order valence-electron chi connectivity index (χ2n) is 7.26. The van der Waals surface area contributed by atoms with E-state index in [9.17, 15) is 13.2 Å². The molecule has 0 radical (unpaired) electrons. The number of carbonyl (C=O) groups excluding carboxylic acids is 1. The Balaban J connectivity index is 1.60. The molecule has 0 aliphatic carbocycles. The van der Waals surface area contributed by atoms with Crippen molar-refractivity contribution in [2.45, 2.75) is 4.90 Å². The zero-order valence-corrected chi connectivity index (χ0v) is 20.4. The fraction of sp³-hybridized carbons (Fsp3) is 0.0800. The predicted octanol–water partition coefficient (Wildman–Crippen LogP) is 4.85. The van der Waals surface area contributed by atoms with Crippen LogP contribution in [-0.4, -0.2) is 37.9 Å². The summed E-state index contributed by atoms with van der Waals surface area (Å²) in [6.45, 7) is 3.71. The molecule has 35 heavy (non-hydrogen) atoms. The number of amides is 1. The minimum absolute atomic E-state index is 0.0232. The van der Waals surface area contributed by atoms with E-state index in [1.165, 1.54) is 47.0 Å². The number of methoxy groups -OCH3 is 1. The van der Waals surface area contributed by atoms with Gasteiger partial charge in [-0.1, -0.05) is 24.3 Å². The van der Waals surface area contributed by atoms with Crippen LogP contribution in [0.2, 0.25) is 0 Å². The van der Waals surface area contributed by atoms with Gasteiger partial charge in [-0.2, -0.15) is 0 Å². The molecule has 0 atom stereocenters. The number of rotatable bonds is 9. The molecular weight excluding hydrogens is 484 g/mol. The molecule has 2 aromatic heterocycles. The number of anilines is 2. The monoisotopic (exact) mass is 506 g/mol. The minimum Gasteiger partial charge on any atom is -0.495 e. The molecule has 0 fully saturated rings. The number of pyridine rings is 1. The van der Waals surface area contributed by atoms with E-state index in [0.29, 0.717) is 22.3 Å². The van der Waals surface area contributed by atoms with Crippen LogP contribution in [0, 0.1) is 0 Å². The topological polar surface area (TPSA) is 101 Å². The third-order valence-corrected chi connectivity index (χ3v) is 7.55. The van der Waals surface area contributed by atoms with Crippen LogP contribution in [0.1, 0.15) is 10.4 Å². The molecule has 178 valence electrons. The third kappa shape index (κ3) is 5.23. The van der Waals surface area contributed by atoms with Crippen LogP contribution in [0.15, 0.2) is 96.0 Å². The van der Waals surface area contributed by atoms with Gasteiger partial charge in [0.1, 0.15) is 5.75 Å². The summed E-state index contributed by atoms with van der Waals surface area (Å²) in [5.74, 6) is -0.0679. The van der Waals surface area contributed by atoms with Crippen molar-refractivity contribution in [3.63, 3.8) is 0 Å². The van der Waals surface area contributed by atoms with Gasteiger partial charge in [-0.25, -0.2) is 13.4 Å². The highest BCUT2D eigenvalue weighted by atomic mass is 32.2. The first kappa shape index (κ1) is 24.1. The van der Waals surface area contributed by atoms with Gasteiger partial charge in [0, 0.05) is 28.9 Å². The number of nitrogens with zero attached hydrogens (tertiary/aromatic N) is 3. The molecule has 0 aliphatic heterocycles. The van der Waals surface area contributed by atoms with Crippen molar-refractivity contribution in [3.8, 4) is 17.0 Å². The Morgan fingerprint density at radius 2 is 2.00 bits per heavy atom. The maximum absolute atomic E-state index is 13.6. The van der Waals surface area contributed by atoms with Gasteiger partial charge in [0.25, 0.3) is 15.9 Å². The summed E-state index contributed by atoms with van der Waals surface area (Å²) in [7, 11) is -2.55. The van der Waals surface area contributed by atoms with Crippen LogP contribution < -0.4 is 14.4 Å². The molecule has 0 bridgehead atoms. The number of para-hydroxylation sites is 2. The van der Waals surface area contributed by atoms with Gasteiger partial charge < -0.3 is 4.74 Å². The van der Waals surface area contributed by atoms with Crippen molar-refractivity contribution in [2.24, 2.45) is 0 Å². The largest absolute Gasteiger partial charge is 0.495 e. The number of aromatic nitrogens is 2. The highest BCUT2D eigenvalue weighted by Crippen LogP contribution is 2.32. The summed E-state index contributed by atoms with van der Waals surface area (Å²) in [4.78, 5) is 21.4. The Morgan fingerprint density at radius 1 is 1.17 bits per heavy atom. The van der Waals surface area contributed by atoms with Gasteiger partial charge in [0.15, 0.2) is 5.13 Å². The van der Waals surface area contributed by atoms with Crippen LogP contribution in [-0.2, 0) is 10.0 Å². The normalized spacial score (nSPS) is 11.0. The average Bonchev–Trinajstić information content (AvgIpc) is 3.36. The Labute approximate surface area is 207 Å². The van der Waals surface area contributed by atoms with E-state index in [2.05, 4.69) is 21.9 Å². The quantitative estimate of drug-likeness (QED) is 0.326. The van der Waals surface area contributed by atoms with Crippen LogP contribution in [0.3, 0.4) is 0 Å². The highest BCUT2D eigenvalue weighted by Gasteiger charge is 2.27. The molecule has 1 N–H and O–H groups in total. The molecule has 1 amide bonds. The second-order valence-corrected chi connectivity index (χ2v) is 9.98. The molecule has 10 heteroatoms. The lowest BCUT2D eigenvalue weighted by Crippen LogP contribution is -2.31. The van der Waals surface area contributed by atoms with Crippen molar-refractivity contribution in [1.29, 1.82) is 0 Å². The summed E-state index contributed by atoms with van der Waals surface area (Å²) in [6, 6.07) is 16.3. The lowest BCUT2D eigenvalue weighted by atomic mass is 10.2. The van der Waals surface area contributed by atoms with Gasteiger partial charge in [-0.3, -0.25) is 19.4 Å². The molecule has 2 heterocycles. The fourth-order valence-electron chi connectivity index (χ4n) is 3.35. The van der Waals surface area contributed by atoms with Crippen molar-refractivity contribution in [1.82, 2.24) is 9.97 Å². The molecule has 2 aromatic carbocycles. The first-order valence-corrected chi connectivity index (χ1v) is 12.8. The van der Waals surface area contributed by atoms with Gasteiger partial charge in [0.05, 0.1) is 29.9 Å². The van der Waals surface area contributed by atoms with Crippen LogP contribution in [0.4, 0.5) is 10.8 Å². The summed E-state index contributed by atoms with van der Waals surface area (Å²) in [6.07, 6.45) is 4.85. The zero-order chi connectivity index (χ0) is 24.8. The van der Waals surface area contributed by atoms with Gasteiger partial charge in [-0.15, -0.1) is 17.9 Å². The fourth-order valence-corrected chi connectivity index (χ4v) is 5.56. The minimum atomic E-state index is -4.03. The number of benzene rings is 2. The molecule has 0 spiro atoms. The standard InChI is InChI=1S/C25H22N4O4S2/c1-3-14-29(22-11-4-5-12-23(22)33-2)35(31,32)20-10-6-8-18(15-20)24(30)28-25-27-21(17-34-25)19-9-7-13-26-16-19/h3-13,15-17H,1,14H2,2H3,(H,27,28,30). The van der Waals surface area contributed by atoms with Crippen molar-refractivity contribution < 1.29 is 17.9 Å². The van der Waals surface area contributed by atoms with Crippen molar-refractivity contribution >= 4 is 38.1 Å². The maximum atomic E-state index is 13.6. The van der Waals surface area contributed by atoms with Gasteiger partial charge >= 0.3 is 0 Å². The lowest BCUT2D eigenvalue weighted by Gasteiger charge is -2.25. The van der Waals surface area contributed by atoms with Crippen LogP contribution in [0.25, 0.3) is 11.3 Å². The van der Waals surface area contributed by atoms with Crippen LogP contribution >= 0.6 is 11.3 Å². The molecule has 0 aliphatic rings. The number of thiazole rings is 1. The summed E-state index contributed by atoms with van der Waals surface area (Å²) in [5, 5.41) is 4.94. The Hall–Kier alpha value is -4.02. The number of nitrogens with one attached hydrogen (secondary N) is 1. The predicted molar refractivity (Wildman–Crippen MR) is 137 cm³/mol. The maximum Gasteiger partial charge on any atom is 0.264 e. The zero-order valence-electron chi connectivity index (χ0n) is 18.8. The summed E-state index contributed by atoms with van der Waals surface area (Å²) < 4.78 is 33.7. The molecule has 0 saturated heterocycles. The first-order valence-electron chi connectivity index (χ1n) is 10.5. The number of hydrogen-bond donors (Lipinski definition) is 1. The third-order valence-electron chi connectivity index (χ3n) is 5.01. The average molecular weight is 507 g/mol. The Bertz CT molecular complexity index is 1450. The second kappa shape index (κ2) is 10.5. The van der Waals surface area contributed by atoms with E-state index >= 15 is 0 Å². The number of ether oxygens (including phenoxy) is 1. The van der Waals surface area contributed by atoms with Crippen LogP contribution in [0.5, 0.6) is 5.75 Å². The number of hydrogen-bond acceptors (Lipinski definition) is 7. The summed E-state index contributed by atoms with van der Waals surface area (Å²) >= 11 is 1.27. The molecule has 0 unspecified atom stereocenters. The van der Waals surface area contributed by atoms with Gasteiger partial charge in [-0.05, 0) is 42.5 Å². The Kier molecular flexibility index (Phi) is 7.23. The van der Waals surface area contributed by atoms with E-state index in [4.69, 9.17) is 4.74 Å². The number of sulfonamides is 1. The Morgan fingerprint density at radius 3 is 2.74 bits per heavy atom. The summed E-state index contributed by atoms with van der Waals surface area (Å²) in [5.41, 5.74) is 2.07. The molecule has 0 saturated carbocycles. The first-order chi connectivity index (χ1) is 16.9. The van der Waals surface area contributed by atoms with E-state index in [1.807, 2.05) is 11.4 Å². The van der Waals surface area contributed by atoms with E-state index in [1.54, 1.807) is 48.8 Å². The van der Waals surface area contributed by atoms with E-state index in [0.717, 1.165) is 5.56 Å². The lowest BCUT2D eigenvalue weighted by molar-refractivity contribution is 0.102. The smallest absolute Gasteiger partial charge is 0.264 e. The molecule has 4 rings (SSSR count). The van der Waals surface area contributed by atoms with Crippen molar-refractivity contribution in [2.75, 3.05) is 23.3 Å². The molecule has 4 aromatic rings. The number of carbonyl (C=O) groups is 1. The van der Waals surface area contributed by atoms with E-state index in [-0.39, 0.29) is 17.0 Å². The van der Waals surface area contributed by atoms with E-state index < -0.39 is 15.9 Å². The highest BCUT2D eigenvalue weighted by molar-refractivity contribution is 7.92. The SMILES string of the molecule is C=CCN(c1ccccc1OC)S(=O)(=O)c1cccc(C(=O)Nc2nc(-c3cccnc3)cs2)c1.